The van der Waals surface area contributed by atoms with E-state index >= 15 is 0 Å². The molecule has 0 aliphatic rings. The Morgan fingerprint density at radius 3 is 2.60 bits per heavy atom. The fraction of sp³-hybridized carbons (Fsp3) is 0.250. The van der Waals surface area contributed by atoms with Gasteiger partial charge in [-0.15, -0.1) is 0 Å². The number of hydrogen-bond donors (Lipinski definition) is 1. The Morgan fingerprint density at radius 1 is 1.23 bits per heavy atom. The third-order valence-electron chi connectivity index (χ3n) is 4.36. The maximum atomic E-state index is 12.4. The Labute approximate surface area is 173 Å². The number of hydrogen-bond acceptors (Lipinski definition) is 7. The van der Waals surface area contributed by atoms with Crippen LogP contribution in [0.4, 0.5) is 0 Å². The summed E-state index contributed by atoms with van der Waals surface area (Å²) in [5.74, 6) is -0.283. The molecule has 3 aromatic rings. The molecule has 0 fully saturated rings. The molecule has 158 valence electrons. The van der Waals surface area contributed by atoms with E-state index in [9.17, 15) is 18.0 Å². The summed E-state index contributed by atoms with van der Waals surface area (Å²) in [5.41, 5.74) is 1.23. The zero-order valence-electron chi connectivity index (χ0n) is 16.7. The Morgan fingerprint density at radius 2 is 1.93 bits per heavy atom. The number of carbonyl (C=O) groups is 1. The van der Waals surface area contributed by atoms with Crippen LogP contribution in [0.15, 0.2) is 58.4 Å². The number of benzene rings is 1. The number of nitrogens with zero attached hydrogens (tertiary/aromatic N) is 2. The zero-order valence-corrected chi connectivity index (χ0v) is 17.5. The maximum absolute atomic E-state index is 12.4. The predicted octanol–water partition coefficient (Wildman–Crippen LogP) is 1.42. The number of ether oxygens (including phenoxy) is 2. The first-order valence-electron chi connectivity index (χ1n) is 9.02. The number of rotatable bonds is 7. The van der Waals surface area contributed by atoms with Gasteiger partial charge in [-0.1, -0.05) is 6.07 Å². The van der Waals surface area contributed by atoms with Crippen molar-refractivity contribution in [1.82, 2.24) is 14.1 Å². The van der Waals surface area contributed by atoms with Crippen LogP contribution in [0.5, 0.6) is 5.75 Å². The highest BCUT2D eigenvalue weighted by molar-refractivity contribution is 7.89. The lowest BCUT2D eigenvalue weighted by Gasteiger charge is -2.14. The number of sulfonamides is 1. The first-order valence-corrected chi connectivity index (χ1v) is 10.5. The van der Waals surface area contributed by atoms with Crippen LogP contribution >= 0.6 is 0 Å². The van der Waals surface area contributed by atoms with Gasteiger partial charge in [0.1, 0.15) is 24.0 Å². The maximum Gasteiger partial charge on any atom is 0.324 e. The van der Waals surface area contributed by atoms with Crippen molar-refractivity contribution in [3.8, 4) is 5.75 Å². The Kier molecular flexibility index (Phi) is 6.18. The summed E-state index contributed by atoms with van der Waals surface area (Å²) >= 11 is 0. The highest BCUT2D eigenvalue weighted by atomic mass is 32.2. The van der Waals surface area contributed by atoms with E-state index in [-0.39, 0.29) is 22.8 Å². The molecule has 1 unspecified atom stereocenters. The summed E-state index contributed by atoms with van der Waals surface area (Å²) in [6.07, 6.45) is 1.60. The normalized spacial score (nSPS) is 12.5. The summed E-state index contributed by atoms with van der Waals surface area (Å²) in [5, 5.41) is 0. The van der Waals surface area contributed by atoms with E-state index in [1.54, 1.807) is 12.3 Å². The van der Waals surface area contributed by atoms with Crippen LogP contribution in [0, 0.1) is 6.92 Å². The molecule has 0 bridgehead atoms. The lowest BCUT2D eigenvalue weighted by molar-refractivity contribution is -0.146. The number of carbonyl (C=O) groups excluding carboxylic acids is 1. The predicted molar refractivity (Wildman–Crippen MR) is 109 cm³/mol. The second-order valence-electron chi connectivity index (χ2n) is 6.60. The van der Waals surface area contributed by atoms with E-state index in [0.29, 0.717) is 11.4 Å². The molecule has 1 atom stereocenters. The van der Waals surface area contributed by atoms with Gasteiger partial charge < -0.3 is 9.47 Å². The van der Waals surface area contributed by atoms with Crippen molar-refractivity contribution in [2.75, 3.05) is 7.11 Å². The summed E-state index contributed by atoms with van der Waals surface area (Å²) < 4.78 is 38.7. The number of methoxy groups -OCH3 is 1. The van der Waals surface area contributed by atoms with Gasteiger partial charge in [0.25, 0.3) is 5.56 Å². The molecule has 0 aliphatic carbocycles. The van der Waals surface area contributed by atoms with Crippen molar-refractivity contribution in [3.63, 3.8) is 0 Å². The fourth-order valence-electron chi connectivity index (χ4n) is 2.76. The van der Waals surface area contributed by atoms with Crippen LogP contribution in [0.1, 0.15) is 18.2 Å². The SMILES string of the molecule is COc1ccc(S(=O)(=O)NC(C)C(=O)OCc2cc(=O)n3cccc(C)c3n2)cc1. The second-order valence-corrected chi connectivity index (χ2v) is 8.31. The molecule has 0 saturated carbocycles. The van der Waals surface area contributed by atoms with Crippen LogP contribution in [-0.2, 0) is 26.2 Å². The molecule has 0 radical (unpaired) electrons. The molecule has 1 N–H and O–H groups in total. The molecule has 0 aliphatic heterocycles. The van der Waals surface area contributed by atoms with E-state index in [4.69, 9.17) is 9.47 Å². The number of esters is 1. The fourth-order valence-corrected chi connectivity index (χ4v) is 3.95. The van der Waals surface area contributed by atoms with Gasteiger partial charge in [-0.05, 0) is 49.7 Å². The number of nitrogens with one attached hydrogen (secondary N) is 1. The van der Waals surface area contributed by atoms with E-state index in [2.05, 4.69) is 9.71 Å². The molecular formula is C20H21N3O6S. The van der Waals surface area contributed by atoms with Gasteiger partial charge in [-0.25, -0.2) is 13.4 Å². The highest BCUT2D eigenvalue weighted by Gasteiger charge is 2.23. The van der Waals surface area contributed by atoms with Crippen molar-refractivity contribution >= 4 is 21.6 Å². The van der Waals surface area contributed by atoms with Gasteiger partial charge in [-0.2, -0.15) is 4.72 Å². The molecule has 0 saturated heterocycles. The van der Waals surface area contributed by atoms with Crippen LogP contribution in [-0.4, -0.2) is 36.9 Å². The summed E-state index contributed by atoms with van der Waals surface area (Å²) in [6.45, 7) is 2.93. The van der Waals surface area contributed by atoms with Crippen molar-refractivity contribution in [2.45, 2.75) is 31.4 Å². The van der Waals surface area contributed by atoms with Crippen molar-refractivity contribution in [2.24, 2.45) is 0 Å². The van der Waals surface area contributed by atoms with Crippen molar-refractivity contribution in [1.29, 1.82) is 0 Å². The van der Waals surface area contributed by atoms with Gasteiger partial charge >= 0.3 is 5.97 Å². The molecule has 9 nitrogen and oxygen atoms in total. The molecule has 10 heteroatoms. The Bertz CT molecular complexity index is 1240. The highest BCUT2D eigenvalue weighted by Crippen LogP contribution is 2.16. The lowest BCUT2D eigenvalue weighted by atomic mass is 10.3. The van der Waals surface area contributed by atoms with Crippen LogP contribution in [0.3, 0.4) is 0 Å². The van der Waals surface area contributed by atoms with Gasteiger partial charge in [-0.3, -0.25) is 14.0 Å². The molecule has 0 spiro atoms. The molecular weight excluding hydrogens is 410 g/mol. The Hall–Kier alpha value is -3.24. The minimum absolute atomic E-state index is 0.0114. The molecule has 2 aromatic heterocycles. The zero-order chi connectivity index (χ0) is 21.9. The first kappa shape index (κ1) is 21.5. The quantitative estimate of drug-likeness (QED) is 0.563. The Balaban J connectivity index is 1.68. The molecule has 2 heterocycles. The largest absolute Gasteiger partial charge is 0.497 e. The van der Waals surface area contributed by atoms with Crippen molar-refractivity contribution < 1.29 is 22.7 Å². The van der Waals surface area contributed by atoms with Gasteiger partial charge in [0.15, 0.2) is 0 Å². The van der Waals surface area contributed by atoms with Crippen LogP contribution < -0.4 is 15.0 Å². The molecule has 3 rings (SSSR count). The smallest absolute Gasteiger partial charge is 0.324 e. The third-order valence-corrected chi connectivity index (χ3v) is 5.91. The third kappa shape index (κ3) is 4.66. The van der Waals surface area contributed by atoms with E-state index in [0.717, 1.165) is 5.56 Å². The molecule has 1 aromatic carbocycles. The topological polar surface area (TPSA) is 116 Å². The number of aryl methyl sites for hydroxylation is 1. The second kappa shape index (κ2) is 8.64. The number of fused-ring (bicyclic) bond motifs is 1. The molecule has 30 heavy (non-hydrogen) atoms. The van der Waals surface area contributed by atoms with Crippen molar-refractivity contribution in [3.05, 3.63) is 70.3 Å². The van der Waals surface area contributed by atoms with E-state index < -0.39 is 22.0 Å². The molecule has 0 amide bonds. The number of aromatic nitrogens is 2. The van der Waals surface area contributed by atoms with E-state index in [1.807, 2.05) is 13.0 Å². The summed E-state index contributed by atoms with van der Waals surface area (Å²) in [4.78, 5) is 28.8. The van der Waals surface area contributed by atoms with Gasteiger partial charge in [0.05, 0.1) is 17.7 Å². The van der Waals surface area contributed by atoms with E-state index in [1.165, 1.54) is 48.8 Å². The summed E-state index contributed by atoms with van der Waals surface area (Å²) in [7, 11) is -2.46. The first-order chi connectivity index (χ1) is 14.2. The average molecular weight is 431 g/mol. The van der Waals surface area contributed by atoms with Crippen LogP contribution in [0.25, 0.3) is 5.65 Å². The van der Waals surface area contributed by atoms with Crippen LogP contribution in [0.2, 0.25) is 0 Å². The van der Waals surface area contributed by atoms with Gasteiger partial charge in [0.2, 0.25) is 10.0 Å². The monoisotopic (exact) mass is 431 g/mol. The average Bonchev–Trinajstić information content (AvgIpc) is 2.72. The van der Waals surface area contributed by atoms with Gasteiger partial charge in [0, 0.05) is 12.3 Å². The minimum atomic E-state index is -3.93. The standard InChI is InChI=1S/C20H21N3O6S/c1-13-5-4-10-23-18(24)11-15(21-19(13)23)12-29-20(25)14(2)22-30(26,27)17-8-6-16(28-3)7-9-17/h4-11,14,22H,12H2,1-3H3. The minimum Gasteiger partial charge on any atom is -0.497 e. The lowest BCUT2D eigenvalue weighted by Crippen LogP contribution is -2.39. The number of pyridine rings is 1. The summed E-state index contributed by atoms with van der Waals surface area (Å²) in [6, 6.07) is 9.43.